The Kier molecular flexibility index (Phi) is 3.00. The number of aromatic nitrogens is 2. The van der Waals surface area contributed by atoms with Crippen molar-refractivity contribution in [1.82, 2.24) is 9.78 Å². The van der Waals surface area contributed by atoms with E-state index in [2.05, 4.69) is 5.10 Å². The van der Waals surface area contributed by atoms with Gasteiger partial charge in [0.15, 0.2) is 0 Å². The average Bonchev–Trinajstić information content (AvgIpc) is 2.57. The molecular weight excluding hydrogens is 246 g/mol. The Morgan fingerprint density at radius 1 is 1.06 bits per heavy atom. The van der Waals surface area contributed by atoms with Crippen molar-refractivity contribution in [3.05, 3.63) is 40.5 Å². The lowest BCUT2D eigenvalue weighted by Crippen LogP contribution is -2.03. The zero-order chi connectivity index (χ0) is 12.5. The molecule has 0 radical (unpaired) electrons. The summed E-state index contributed by atoms with van der Waals surface area (Å²) in [5.41, 5.74) is 9.61. The van der Waals surface area contributed by atoms with E-state index in [0.29, 0.717) is 0 Å². The summed E-state index contributed by atoms with van der Waals surface area (Å²) in [6.07, 6.45) is 5.79. The average molecular weight is 262 g/mol. The molecular formula is C14H16ClN3. The summed E-state index contributed by atoms with van der Waals surface area (Å²) in [5, 5.41) is 5.39. The first kappa shape index (κ1) is 11.6. The van der Waals surface area contributed by atoms with E-state index >= 15 is 0 Å². The van der Waals surface area contributed by atoms with Gasteiger partial charge in [0, 0.05) is 10.6 Å². The van der Waals surface area contributed by atoms with Crippen LogP contribution in [-0.2, 0) is 12.8 Å². The van der Waals surface area contributed by atoms with Crippen LogP contribution in [0.15, 0.2) is 24.3 Å². The SMILES string of the molecule is Nc1c2c(nn1-c1ccc(Cl)cc1)CCCCC2. The van der Waals surface area contributed by atoms with Crippen LogP contribution >= 0.6 is 11.6 Å². The maximum Gasteiger partial charge on any atom is 0.130 e. The quantitative estimate of drug-likeness (QED) is 0.800. The zero-order valence-corrected chi connectivity index (χ0v) is 11.0. The minimum atomic E-state index is 0.728. The van der Waals surface area contributed by atoms with Crippen molar-refractivity contribution in [1.29, 1.82) is 0 Å². The predicted molar refractivity (Wildman–Crippen MR) is 74.2 cm³/mol. The van der Waals surface area contributed by atoms with Crippen molar-refractivity contribution in [3.8, 4) is 5.69 Å². The lowest BCUT2D eigenvalue weighted by molar-refractivity contribution is 0.696. The van der Waals surface area contributed by atoms with E-state index < -0.39 is 0 Å². The van der Waals surface area contributed by atoms with E-state index in [0.717, 1.165) is 29.4 Å². The molecule has 0 aliphatic heterocycles. The first-order chi connectivity index (χ1) is 8.75. The van der Waals surface area contributed by atoms with Gasteiger partial charge < -0.3 is 5.73 Å². The Hall–Kier alpha value is -1.48. The number of nitrogens with zero attached hydrogens (tertiary/aromatic N) is 2. The summed E-state index contributed by atoms with van der Waals surface area (Å²) in [7, 11) is 0. The van der Waals surface area contributed by atoms with Crippen LogP contribution in [-0.4, -0.2) is 9.78 Å². The van der Waals surface area contributed by atoms with Crippen molar-refractivity contribution in [2.24, 2.45) is 0 Å². The third kappa shape index (κ3) is 1.99. The third-order valence-corrected chi connectivity index (χ3v) is 3.77. The Morgan fingerprint density at radius 2 is 1.78 bits per heavy atom. The maximum absolute atomic E-state index is 6.23. The summed E-state index contributed by atoms with van der Waals surface area (Å²) in [5.74, 6) is 0.786. The fourth-order valence-corrected chi connectivity index (χ4v) is 2.66. The van der Waals surface area contributed by atoms with E-state index in [4.69, 9.17) is 17.3 Å². The number of hydrogen-bond acceptors (Lipinski definition) is 2. The number of hydrogen-bond donors (Lipinski definition) is 1. The number of anilines is 1. The number of fused-ring (bicyclic) bond motifs is 1. The molecule has 1 aliphatic carbocycles. The molecule has 2 N–H and O–H groups in total. The summed E-state index contributed by atoms with van der Waals surface area (Å²) < 4.78 is 1.84. The number of nitrogens with two attached hydrogens (primary N) is 1. The standard InChI is InChI=1S/C14H16ClN3/c15-10-6-8-11(9-7-10)18-14(16)12-4-2-1-3-5-13(12)17-18/h6-9H,1-5,16H2. The Morgan fingerprint density at radius 3 is 2.56 bits per heavy atom. The summed E-state index contributed by atoms with van der Waals surface area (Å²) in [4.78, 5) is 0. The Labute approximate surface area is 112 Å². The van der Waals surface area contributed by atoms with Gasteiger partial charge in [0.05, 0.1) is 11.4 Å². The second-order valence-electron chi connectivity index (χ2n) is 4.76. The summed E-state index contributed by atoms with van der Waals surface area (Å²) in [6, 6.07) is 7.63. The zero-order valence-electron chi connectivity index (χ0n) is 10.2. The maximum atomic E-state index is 6.23. The molecule has 0 amide bonds. The highest BCUT2D eigenvalue weighted by molar-refractivity contribution is 6.30. The van der Waals surface area contributed by atoms with Gasteiger partial charge in [0.1, 0.15) is 5.82 Å². The van der Waals surface area contributed by atoms with E-state index in [-0.39, 0.29) is 0 Å². The van der Waals surface area contributed by atoms with Crippen LogP contribution in [0.4, 0.5) is 5.82 Å². The second kappa shape index (κ2) is 4.65. The highest BCUT2D eigenvalue weighted by Crippen LogP contribution is 2.27. The predicted octanol–water partition coefficient (Wildman–Crippen LogP) is 3.38. The first-order valence-corrected chi connectivity index (χ1v) is 6.75. The van der Waals surface area contributed by atoms with Gasteiger partial charge in [-0.25, -0.2) is 4.68 Å². The molecule has 0 saturated carbocycles. The normalized spacial score (nSPS) is 15.2. The highest BCUT2D eigenvalue weighted by atomic mass is 35.5. The van der Waals surface area contributed by atoms with Gasteiger partial charge in [-0.2, -0.15) is 5.10 Å². The summed E-state index contributed by atoms with van der Waals surface area (Å²) >= 11 is 5.90. The van der Waals surface area contributed by atoms with Gasteiger partial charge >= 0.3 is 0 Å². The molecule has 94 valence electrons. The number of benzene rings is 1. The molecule has 1 aliphatic rings. The number of halogens is 1. The Balaban J connectivity index is 2.05. The van der Waals surface area contributed by atoms with Crippen LogP contribution < -0.4 is 5.73 Å². The van der Waals surface area contributed by atoms with Gasteiger partial charge in [-0.1, -0.05) is 18.0 Å². The van der Waals surface area contributed by atoms with Crippen LogP contribution in [0.3, 0.4) is 0 Å². The number of nitrogen functional groups attached to an aromatic ring is 1. The third-order valence-electron chi connectivity index (χ3n) is 3.52. The van der Waals surface area contributed by atoms with Gasteiger partial charge in [-0.3, -0.25) is 0 Å². The van der Waals surface area contributed by atoms with Gasteiger partial charge in [-0.15, -0.1) is 0 Å². The van der Waals surface area contributed by atoms with Crippen molar-refractivity contribution in [2.45, 2.75) is 32.1 Å². The molecule has 3 nitrogen and oxygen atoms in total. The monoisotopic (exact) mass is 261 g/mol. The van der Waals surface area contributed by atoms with E-state index in [1.54, 1.807) is 0 Å². The van der Waals surface area contributed by atoms with E-state index in [1.807, 2.05) is 28.9 Å². The molecule has 1 heterocycles. The fraction of sp³-hybridized carbons (Fsp3) is 0.357. The van der Waals surface area contributed by atoms with Crippen molar-refractivity contribution < 1.29 is 0 Å². The van der Waals surface area contributed by atoms with Gasteiger partial charge in [-0.05, 0) is 49.9 Å². The fourth-order valence-electron chi connectivity index (χ4n) is 2.53. The second-order valence-corrected chi connectivity index (χ2v) is 5.20. The van der Waals surface area contributed by atoms with Crippen LogP contribution in [0.5, 0.6) is 0 Å². The molecule has 0 atom stereocenters. The molecule has 18 heavy (non-hydrogen) atoms. The van der Waals surface area contributed by atoms with E-state index in [1.165, 1.54) is 30.5 Å². The molecule has 0 unspecified atom stereocenters. The lowest BCUT2D eigenvalue weighted by Gasteiger charge is -2.05. The molecule has 0 spiro atoms. The van der Waals surface area contributed by atoms with Crippen LogP contribution in [0.2, 0.25) is 5.02 Å². The summed E-state index contributed by atoms with van der Waals surface area (Å²) in [6.45, 7) is 0. The van der Waals surface area contributed by atoms with Crippen LogP contribution in [0.25, 0.3) is 5.69 Å². The first-order valence-electron chi connectivity index (χ1n) is 6.38. The molecule has 4 heteroatoms. The molecule has 0 saturated heterocycles. The smallest absolute Gasteiger partial charge is 0.130 e. The number of aryl methyl sites for hydroxylation is 1. The van der Waals surface area contributed by atoms with Crippen LogP contribution in [0.1, 0.15) is 30.5 Å². The Bertz CT molecular complexity index is 557. The van der Waals surface area contributed by atoms with Crippen molar-refractivity contribution >= 4 is 17.4 Å². The lowest BCUT2D eigenvalue weighted by atomic mass is 10.1. The van der Waals surface area contributed by atoms with Crippen molar-refractivity contribution in [2.75, 3.05) is 5.73 Å². The van der Waals surface area contributed by atoms with Gasteiger partial charge in [0.25, 0.3) is 0 Å². The molecule has 3 rings (SSSR count). The van der Waals surface area contributed by atoms with Crippen molar-refractivity contribution in [3.63, 3.8) is 0 Å². The number of rotatable bonds is 1. The largest absolute Gasteiger partial charge is 0.383 e. The van der Waals surface area contributed by atoms with Gasteiger partial charge in [0.2, 0.25) is 0 Å². The minimum Gasteiger partial charge on any atom is -0.383 e. The van der Waals surface area contributed by atoms with Crippen LogP contribution in [0, 0.1) is 0 Å². The molecule has 2 aromatic rings. The molecule has 1 aromatic heterocycles. The molecule has 1 aromatic carbocycles. The molecule has 0 bridgehead atoms. The minimum absolute atomic E-state index is 0.728. The topological polar surface area (TPSA) is 43.8 Å². The molecule has 0 fully saturated rings. The van der Waals surface area contributed by atoms with E-state index in [9.17, 15) is 0 Å². The highest BCUT2D eigenvalue weighted by Gasteiger charge is 2.18.